The molecule has 0 radical (unpaired) electrons. The van der Waals surface area contributed by atoms with E-state index in [1.54, 1.807) is 0 Å². The van der Waals surface area contributed by atoms with Crippen molar-refractivity contribution in [2.45, 2.75) is 19.4 Å². The van der Waals surface area contributed by atoms with Gasteiger partial charge in [-0.05, 0) is 38.1 Å². The molecule has 1 unspecified atom stereocenters. The second kappa shape index (κ2) is 5.51. The Bertz CT molecular complexity index is 681. The van der Waals surface area contributed by atoms with E-state index >= 15 is 0 Å². The molecule has 0 bridgehead atoms. The highest BCUT2D eigenvalue weighted by atomic mass is 16.3. The van der Waals surface area contributed by atoms with E-state index in [1.165, 1.54) is 11.1 Å². The molecule has 1 N–H and O–H groups in total. The van der Waals surface area contributed by atoms with Crippen molar-refractivity contribution in [3.8, 4) is 0 Å². The summed E-state index contributed by atoms with van der Waals surface area (Å²) in [5, 5.41) is 4.51. The molecule has 3 rings (SSSR count). The molecule has 2 nitrogen and oxygen atoms in total. The van der Waals surface area contributed by atoms with Crippen molar-refractivity contribution in [3.05, 3.63) is 71.5 Å². The molecule has 0 spiro atoms. The first-order chi connectivity index (χ1) is 9.76. The Kier molecular flexibility index (Phi) is 3.57. The second-order valence-electron chi connectivity index (χ2n) is 5.22. The lowest BCUT2D eigenvalue weighted by Crippen LogP contribution is -2.18. The highest BCUT2D eigenvalue weighted by molar-refractivity contribution is 5.77. The van der Waals surface area contributed by atoms with Gasteiger partial charge in [-0.3, -0.25) is 0 Å². The van der Waals surface area contributed by atoms with Crippen molar-refractivity contribution in [2.75, 3.05) is 7.05 Å². The van der Waals surface area contributed by atoms with E-state index in [0.717, 1.165) is 23.2 Å². The van der Waals surface area contributed by atoms with Gasteiger partial charge in [0.1, 0.15) is 11.3 Å². The molecule has 2 heteroatoms. The van der Waals surface area contributed by atoms with E-state index in [-0.39, 0.29) is 6.04 Å². The molecule has 20 heavy (non-hydrogen) atoms. The lowest BCUT2D eigenvalue weighted by Gasteiger charge is -2.13. The van der Waals surface area contributed by atoms with Gasteiger partial charge in [0.15, 0.2) is 0 Å². The topological polar surface area (TPSA) is 25.2 Å². The van der Waals surface area contributed by atoms with E-state index in [0.29, 0.717) is 0 Å². The quantitative estimate of drug-likeness (QED) is 0.763. The second-order valence-corrected chi connectivity index (χ2v) is 5.22. The van der Waals surface area contributed by atoms with Gasteiger partial charge in [0.05, 0.1) is 6.04 Å². The van der Waals surface area contributed by atoms with Crippen LogP contribution in [0.5, 0.6) is 0 Å². The molecule has 0 fully saturated rings. The van der Waals surface area contributed by atoms with E-state index in [4.69, 9.17) is 4.42 Å². The Morgan fingerprint density at radius 2 is 1.90 bits per heavy atom. The van der Waals surface area contributed by atoms with Crippen LogP contribution in [0.15, 0.2) is 59.0 Å². The zero-order valence-corrected chi connectivity index (χ0v) is 11.9. The molecular formula is C18H19NO. The van der Waals surface area contributed by atoms with Crippen LogP contribution in [0.1, 0.15) is 22.9 Å². The average molecular weight is 265 g/mol. The van der Waals surface area contributed by atoms with Gasteiger partial charge in [-0.2, -0.15) is 0 Å². The molecule has 1 atom stereocenters. The lowest BCUT2D eigenvalue weighted by atomic mass is 10.0. The van der Waals surface area contributed by atoms with Crippen LogP contribution in [-0.4, -0.2) is 7.05 Å². The molecule has 2 aromatic carbocycles. The van der Waals surface area contributed by atoms with Gasteiger partial charge in [-0.15, -0.1) is 0 Å². The minimum atomic E-state index is 0.198. The molecule has 0 saturated carbocycles. The molecule has 3 aromatic rings. The zero-order valence-electron chi connectivity index (χ0n) is 11.9. The van der Waals surface area contributed by atoms with Gasteiger partial charge in [0, 0.05) is 5.39 Å². The summed E-state index contributed by atoms with van der Waals surface area (Å²) in [7, 11) is 1.98. The van der Waals surface area contributed by atoms with Crippen molar-refractivity contribution in [3.63, 3.8) is 0 Å². The predicted molar refractivity (Wildman–Crippen MR) is 82.9 cm³/mol. The third kappa shape index (κ3) is 2.61. The first-order valence-electron chi connectivity index (χ1n) is 6.97. The van der Waals surface area contributed by atoms with Crippen molar-refractivity contribution >= 4 is 11.0 Å². The van der Waals surface area contributed by atoms with Crippen LogP contribution in [-0.2, 0) is 6.42 Å². The van der Waals surface area contributed by atoms with Crippen molar-refractivity contribution in [2.24, 2.45) is 0 Å². The number of hydrogen-bond acceptors (Lipinski definition) is 2. The van der Waals surface area contributed by atoms with Gasteiger partial charge < -0.3 is 9.73 Å². The van der Waals surface area contributed by atoms with E-state index in [2.05, 4.69) is 48.6 Å². The molecule has 1 heterocycles. The van der Waals surface area contributed by atoms with Crippen molar-refractivity contribution in [1.29, 1.82) is 0 Å². The van der Waals surface area contributed by atoms with Crippen LogP contribution < -0.4 is 5.32 Å². The van der Waals surface area contributed by atoms with Crippen molar-refractivity contribution in [1.82, 2.24) is 5.32 Å². The number of likely N-dealkylation sites (N-methyl/N-ethyl adjacent to an activating group) is 1. The first kappa shape index (κ1) is 12.9. The molecule has 0 aliphatic rings. The van der Waals surface area contributed by atoms with Crippen LogP contribution >= 0.6 is 0 Å². The normalized spacial score (nSPS) is 12.7. The van der Waals surface area contributed by atoms with Gasteiger partial charge in [-0.25, -0.2) is 0 Å². The van der Waals surface area contributed by atoms with Crippen LogP contribution in [0.25, 0.3) is 11.0 Å². The number of nitrogens with one attached hydrogen (secondary N) is 1. The Hall–Kier alpha value is -2.06. The summed E-state index contributed by atoms with van der Waals surface area (Å²) in [6.45, 7) is 2.12. The number of fused-ring (bicyclic) bond motifs is 1. The Morgan fingerprint density at radius 1 is 1.05 bits per heavy atom. The number of benzene rings is 2. The predicted octanol–water partition coefficient (Wildman–Crippen LogP) is 4.24. The first-order valence-corrected chi connectivity index (χ1v) is 6.97. The number of aryl methyl sites for hydroxylation is 1. The number of rotatable bonds is 4. The minimum absolute atomic E-state index is 0.198. The number of furan rings is 1. The van der Waals surface area contributed by atoms with Crippen LogP contribution in [0.3, 0.4) is 0 Å². The smallest absolute Gasteiger partial charge is 0.134 e. The largest absolute Gasteiger partial charge is 0.459 e. The molecule has 0 saturated heterocycles. The Morgan fingerprint density at radius 3 is 2.65 bits per heavy atom. The summed E-state index contributed by atoms with van der Waals surface area (Å²) in [4.78, 5) is 0. The summed E-state index contributed by atoms with van der Waals surface area (Å²) in [6, 6.07) is 19.1. The van der Waals surface area contributed by atoms with Crippen LogP contribution in [0.2, 0.25) is 0 Å². The maximum absolute atomic E-state index is 5.96. The Labute approximate surface area is 119 Å². The fraction of sp³-hybridized carbons (Fsp3) is 0.222. The van der Waals surface area contributed by atoms with E-state index in [9.17, 15) is 0 Å². The summed E-state index contributed by atoms with van der Waals surface area (Å²) in [5.74, 6) is 0.996. The third-order valence-electron chi connectivity index (χ3n) is 3.66. The zero-order chi connectivity index (χ0) is 13.9. The summed E-state index contributed by atoms with van der Waals surface area (Å²) in [5.41, 5.74) is 3.57. The molecule has 102 valence electrons. The van der Waals surface area contributed by atoms with E-state index in [1.807, 2.05) is 25.2 Å². The van der Waals surface area contributed by atoms with Gasteiger partial charge in [0.2, 0.25) is 0 Å². The maximum Gasteiger partial charge on any atom is 0.134 e. The fourth-order valence-corrected chi connectivity index (χ4v) is 2.59. The highest BCUT2D eigenvalue weighted by Gasteiger charge is 2.15. The molecular weight excluding hydrogens is 246 g/mol. The van der Waals surface area contributed by atoms with Gasteiger partial charge in [-0.1, -0.05) is 48.0 Å². The minimum Gasteiger partial charge on any atom is -0.459 e. The average Bonchev–Trinajstić information content (AvgIpc) is 2.88. The standard InChI is InChI=1S/C18H19NO/c1-13-6-5-7-14(10-13)11-16(19-2)18-12-15-8-3-4-9-17(15)20-18/h3-10,12,16,19H,11H2,1-2H3. The van der Waals surface area contributed by atoms with Crippen LogP contribution in [0, 0.1) is 6.92 Å². The van der Waals surface area contributed by atoms with E-state index < -0.39 is 0 Å². The summed E-state index contributed by atoms with van der Waals surface area (Å²) < 4.78 is 5.96. The lowest BCUT2D eigenvalue weighted by molar-refractivity contribution is 0.451. The third-order valence-corrected chi connectivity index (χ3v) is 3.66. The molecule has 0 amide bonds. The maximum atomic E-state index is 5.96. The van der Waals surface area contributed by atoms with Gasteiger partial charge in [0.25, 0.3) is 0 Å². The Balaban J connectivity index is 1.89. The van der Waals surface area contributed by atoms with Crippen molar-refractivity contribution < 1.29 is 4.42 Å². The monoisotopic (exact) mass is 265 g/mol. The van der Waals surface area contributed by atoms with Crippen LogP contribution in [0.4, 0.5) is 0 Å². The molecule has 0 aliphatic carbocycles. The summed E-state index contributed by atoms with van der Waals surface area (Å²) in [6.07, 6.45) is 0.929. The molecule has 1 aromatic heterocycles. The van der Waals surface area contributed by atoms with Gasteiger partial charge >= 0.3 is 0 Å². The fourth-order valence-electron chi connectivity index (χ4n) is 2.59. The number of hydrogen-bond donors (Lipinski definition) is 1. The highest BCUT2D eigenvalue weighted by Crippen LogP contribution is 2.26. The summed E-state index contributed by atoms with van der Waals surface area (Å²) >= 11 is 0. The molecule has 0 aliphatic heterocycles. The number of para-hydroxylation sites is 1. The SMILES string of the molecule is CNC(Cc1cccc(C)c1)c1cc2ccccc2o1.